The predicted molar refractivity (Wildman–Crippen MR) is 124 cm³/mol. The van der Waals surface area contributed by atoms with Crippen LogP contribution in [0.1, 0.15) is 33.5 Å². The molecule has 0 fully saturated rings. The lowest BCUT2D eigenvalue weighted by Gasteiger charge is -2.12. The molecule has 1 N–H and O–H groups in total. The van der Waals surface area contributed by atoms with Crippen molar-refractivity contribution in [2.45, 2.75) is 20.3 Å². The third-order valence-electron chi connectivity index (χ3n) is 4.51. The Balaban J connectivity index is 1.51. The van der Waals surface area contributed by atoms with Crippen molar-refractivity contribution in [3.63, 3.8) is 0 Å². The number of aryl methyl sites for hydroxylation is 2. The van der Waals surface area contributed by atoms with Crippen molar-refractivity contribution in [2.24, 2.45) is 5.10 Å². The van der Waals surface area contributed by atoms with E-state index in [0.717, 1.165) is 17.7 Å². The molecule has 0 heterocycles. The molecule has 0 bridgehead atoms. The molecule has 0 aliphatic heterocycles. The van der Waals surface area contributed by atoms with Crippen molar-refractivity contribution < 1.29 is 14.3 Å². The lowest BCUT2D eigenvalue weighted by molar-refractivity contribution is 0.0955. The zero-order valence-corrected chi connectivity index (χ0v) is 18.4. The number of hydrazone groups is 1. The van der Waals surface area contributed by atoms with E-state index in [-0.39, 0.29) is 5.91 Å². The fraction of sp³-hybridized carbons (Fsp3) is 0.200. The molecule has 0 saturated carbocycles. The molecule has 0 saturated heterocycles. The van der Waals surface area contributed by atoms with Crippen LogP contribution < -0.4 is 14.9 Å². The highest BCUT2D eigenvalue weighted by molar-refractivity contribution is 6.30. The normalized spacial score (nSPS) is 10.8. The van der Waals surface area contributed by atoms with Crippen molar-refractivity contribution >= 4 is 23.7 Å². The highest BCUT2D eigenvalue weighted by Crippen LogP contribution is 2.22. The molecule has 0 unspecified atom stereocenters. The number of benzene rings is 3. The van der Waals surface area contributed by atoms with Gasteiger partial charge in [0.15, 0.2) is 0 Å². The fourth-order valence-electron chi connectivity index (χ4n) is 2.95. The van der Waals surface area contributed by atoms with E-state index in [9.17, 15) is 4.79 Å². The first kappa shape index (κ1) is 22.4. The largest absolute Gasteiger partial charge is 0.493 e. The summed E-state index contributed by atoms with van der Waals surface area (Å²) in [5.41, 5.74) is 6.05. The first-order chi connectivity index (χ1) is 15.0. The second kappa shape index (κ2) is 11.2. The Morgan fingerprint density at radius 2 is 1.68 bits per heavy atom. The zero-order valence-electron chi connectivity index (χ0n) is 17.6. The van der Waals surface area contributed by atoms with Gasteiger partial charge in [0.05, 0.1) is 19.4 Å². The maximum atomic E-state index is 12.1. The predicted octanol–water partition coefficient (Wildman–Crippen LogP) is 5.57. The van der Waals surface area contributed by atoms with Crippen LogP contribution in [-0.4, -0.2) is 25.3 Å². The van der Waals surface area contributed by atoms with Gasteiger partial charge in [0, 0.05) is 22.6 Å². The lowest BCUT2D eigenvalue weighted by atomic mass is 10.1. The maximum absolute atomic E-state index is 12.1. The summed E-state index contributed by atoms with van der Waals surface area (Å²) in [7, 11) is 0. The summed E-state index contributed by atoms with van der Waals surface area (Å²) in [5, 5.41) is 4.59. The van der Waals surface area contributed by atoms with Crippen LogP contribution in [0.15, 0.2) is 71.8 Å². The van der Waals surface area contributed by atoms with Gasteiger partial charge in [-0.25, -0.2) is 5.43 Å². The van der Waals surface area contributed by atoms with Gasteiger partial charge in [-0.05, 0) is 55.8 Å². The number of hydrogen-bond donors (Lipinski definition) is 1. The highest BCUT2D eigenvalue weighted by Gasteiger charge is 2.06. The first-order valence-corrected chi connectivity index (χ1v) is 10.4. The summed E-state index contributed by atoms with van der Waals surface area (Å²) < 4.78 is 11.7. The molecule has 160 valence electrons. The number of rotatable bonds is 9. The molecule has 3 aromatic carbocycles. The van der Waals surface area contributed by atoms with Gasteiger partial charge in [-0.1, -0.05) is 47.5 Å². The maximum Gasteiger partial charge on any atom is 0.271 e. The second-order valence-electron chi connectivity index (χ2n) is 7.07. The van der Waals surface area contributed by atoms with Crippen molar-refractivity contribution in [2.75, 3.05) is 13.2 Å². The summed E-state index contributed by atoms with van der Waals surface area (Å²) in [6.07, 6.45) is 2.24. The SMILES string of the molecule is Cc1ccc(OCCCOc2ccc(Cl)cc2/C=N\NC(=O)c2ccccc2)c(C)c1. The number of amides is 1. The van der Waals surface area contributed by atoms with E-state index in [1.165, 1.54) is 11.8 Å². The summed E-state index contributed by atoms with van der Waals surface area (Å²) in [6.45, 7) is 5.12. The van der Waals surface area contributed by atoms with Crippen molar-refractivity contribution in [1.29, 1.82) is 0 Å². The molecular weight excluding hydrogens is 412 g/mol. The fourth-order valence-corrected chi connectivity index (χ4v) is 3.13. The average Bonchev–Trinajstić information content (AvgIpc) is 2.76. The number of carbonyl (C=O) groups is 1. The highest BCUT2D eigenvalue weighted by atomic mass is 35.5. The van der Waals surface area contributed by atoms with Crippen LogP contribution >= 0.6 is 11.6 Å². The van der Waals surface area contributed by atoms with Crippen LogP contribution in [0, 0.1) is 13.8 Å². The minimum atomic E-state index is -0.287. The number of hydrogen-bond acceptors (Lipinski definition) is 4. The Bertz CT molecular complexity index is 1050. The Morgan fingerprint density at radius 3 is 2.42 bits per heavy atom. The zero-order chi connectivity index (χ0) is 22.1. The van der Waals surface area contributed by atoms with Gasteiger partial charge in [0.1, 0.15) is 11.5 Å². The Morgan fingerprint density at radius 1 is 0.968 bits per heavy atom. The van der Waals surface area contributed by atoms with Gasteiger partial charge < -0.3 is 9.47 Å². The van der Waals surface area contributed by atoms with Crippen LogP contribution in [0.5, 0.6) is 11.5 Å². The van der Waals surface area contributed by atoms with Crippen LogP contribution in [0.3, 0.4) is 0 Å². The molecule has 0 aliphatic carbocycles. The minimum Gasteiger partial charge on any atom is -0.493 e. The Hall–Kier alpha value is -3.31. The molecule has 6 heteroatoms. The van der Waals surface area contributed by atoms with Gasteiger partial charge in [0.25, 0.3) is 5.91 Å². The smallest absolute Gasteiger partial charge is 0.271 e. The number of ether oxygens (including phenoxy) is 2. The molecule has 0 atom stereocenters. The van der Waals surface area contributed by atoms with Gasteiger partial charge in [-0.2, -0.15) is 5.10 Å². The molecule has 0 aliphatic rings. The third-order valence-corrected chi connectivity index (χ3v) is 4.75. The molecule has 1 amide bonds. The number of nitrogens with zero attached hydrogens (tertiary/aromatic N) is 1. The third kappa shape index (κ3) is 6.86. The van der Waals surface area contributed by atoms with E-state index in [1.54, 1.807) is 42.5 Å². The molecule has 0 spiro atoms. The van der Waals surface area contributed by atoms with Crippen LogP contribution in [-0.2, 0) is 0 Å². The van der Waals surface area contributed by atoms with Crippen molar-refractivity contribution in [1.82, 2.24) is 5.43 Å². The van der Waals surface area contributed by atoms with E-state index in [0.29, 0.717) is 35.1 Å². The number of nitrogens with one attached hydrogen (secondary N) is 1. The van der Waals surface area contributed by atoms with E-state index < -0.39 is 0 Å². The monoisotopic (exact) mass is 436 g/mol. The Labute approximate surface area is 187 Å². The van der Waals surface area contributed by atoms with Gasteiger partial charge in [-0.15, -0.1) is 0 Å². The summed E-state index contributed by atoms with van der Waals surface area (Å²) in [6, 6.07) is 20.3. The summed E-state index contributed by atoms with van der Waals surface area (Å²) in [4.78, 5) is 12.1. The Kier molecular flexibility index (Phi) is 8.07. The molecular formula is C25H25ClN2O3. The van der Waals surface area contributed by atoms with Gasteiger partial charge in [0.2, 0.25) is 0 Å². The quantitative estimate of drug-likeness (QED) is 0.271. The first-order valence-electron chi connectivity index (χ1n) is 10.0. The molecule has 5 nitrogen and oxygen atoms in total. The van der Waals surface area contributed by atoms with E-state index in [2.05, 4.69) is 23.5 Å². The van der Waals surface area contributed by atoms with Gasteiger partial charge in [-0.3, -0.25) is 4.79 Å². The molecule has 31 heavy (non-hydrogen) atoms. The second-order valence-corrected chi connectivity index (χ2v) is 7.50. The summed E-state index contributed by atoms with van der Waals surface area (Å²) >= 11 is 6.11. The summed E-state index contributed by atoms with van der Waals surface area (Å²) in [5.74, 6) is 1.23. The van der Waals surface area contributed by atoms with Crippen molar-refractivity contribution in [3.8, 4) is 11.5 Å². The van der Waals surface area contributed by atoms with E-state index in [1.807, 2.05) is 25.1 Å². The lowest BCUT2D eigenvalue weighted by Crippen LogP contribution is -2.17. The van der Waals surface area contributed by atoms with E-state index in [4.69, 9.17) is 21.1 Å². The standard InChI is InChI=1S/C25H25ClN2O3/c1-18-9-11-23(19(2)15-18)30-13-6-14-31-24-12-10-22(26)16-21(24)17-27-28-25(29)20-7-4-3-5-8-20/h3-5,7-12,15-17H,6,13-14H2,1-2H3,(H,28,29)/b27-17-. The molecule has 3 aromatic rings. The molecule has 0 radical (unpaired) electrons. The minimum absolute atomic E-state index is 0.287. The van der Waals surface area contributed by atoms with Crippen LogP contribution in [0.4, 0.5) is 0 Å². The van der Waals surface area contributed by atoms with Crippen molar-refractivity contribution in [3.05, 3.63) is 94.0 Å². The average molecular weight is 437 g/mol. The van der Waals surface area contributed by atoms with E-state index >= 15 is 0 Å². The topological polar surface area (TPSA) is 59.9 Å². The van der Waals surface area contributed by atoms with Crippen LogP contribution in [0.2, 0.25) is 5.02 Å². The number of halogens is 1. The van der Waals surface area contributed by atoms with Gasteiger partial charge >= 0.3 is 0 Å². The number of carbonyl (C=O) groups excluding carboxylic acids is 1. The van der Waals surface area contributed by atoms with Crippen LogP contribution in [0.25, 0.3) is 0 Å². The molecule has 0 aromatic heterocycles. The molecule has 3 rings (SSSR count).